The van der Waals surface area contributed by atoms with Crippen LogP contribution in [0.4, 0.5) is 0 Å². The summed E-state index contributed by atoms with van der Waals surface area (Å²) in [5.41, 5.74) is 6.48. The summed E-state index contributed by atoms with van der Waals surface area (Å²) in [7, 11) is -3.37. The first kappa shape index (κ1) is 18.9. The lowest BCUT2D eigenvalue weighted by Crippen LogP contribution is -2.57. The Labute approximate surface area is 144 Å². The number of nitrogens with two attached hydrogens (primary N) is 1. The summed E-state index contributed by atoms with van der Waals surface area (Å²) in [6.45, 7) is 7.19. The van der Waals surface area contributed by atoms with E-state index >= 15 is 0 Å². The van der Waals surface area contributed by atoms with Gasteiger partial charge >= 0.3 is 0 Å². The summed E-state index contributed by atoms with van der Waals surface area (Å²) in [6, 6.07) is 8.55. The highest BCUT2D eigenvalue weighted by Gasteiger charge is 2.34. The standard InChI is InChI=1S/C17H27N3O3S/c1-17(2,3)15(18)16(21)19-9-11-20(12-10-19)24(22,23)13-14-7-5-4-6-8-14/h4-8,15H,9-13,18H2,1-3H3/t15-/m1/s1. The Bertz CT molecular complexity index is 660. The minimum Gasteiger partial charge on any atom is -0.339 e. The van der Waals surface area contributed by atoms with Crippen LogP contribution in [0.5, 0.6) is 0 Å². The zero-order valence-electron chi connectivity index (χ0n) is 14.6. The molecular formula is C17H27N3O3S. The highest BCUT2D eigenvalue weighted by atomic mass is 32.2. The van der Waals surface area contributed by atoms with Crippen LogP contribution in [-0.2, 0) is 20.6 Å². The average Bonchev–Trinajstić information content (AvgIpc) is 2.53. The van der Waals surface area contributed by atoms with Crippen LogP contribution in [0, 0.1) is 5.41 Å². The molecule has 0 aliphatic carbocycles. The summed E-state index contributed by atoms with van der Waals surface area (Å²) in [4.78, 5) is 14.1. The number of hydrogen-bond donors (Lipinski definition) is 1. The van der Waals surface area contributed by atoms with E-state index in [0.717, 1.165) is 5.56 Å². The van der Waals surface area contributed by atoms with Crippen molar-refractivity contribution < 1.29 is 13.2 Å². The molecule has 1 fully saturated rings. The Morgan fingerprint density at radius 3 is 2.17 bits per heavy atom. The quantitative estimate of drug-likeness (QED) is 0.876. The molecule has 2 rings (SSSR count). The van der Waals surface area contributed by atoms with E-state index in [2.05, 4.69) is 0 Å². The minimum atomic E-state index is -3.37. The van der Waals surface area contributed by atoms with Crippen LogP contribution < -0.4 is 5.73 Å². The van der Waals surface area contributed by atoms with E-state index in [0.29, 0.717) is 26.2 Å². The third-order valence-electron chi connectivity index (χ3n) is 4.33. The van der Waals surface area contributed by atoms with Gasteiger partial charge in [0, 0.05) is 26.2 Å². The molecule has 2 N–H and O–H groups in total. The largest absolute Gasteiger partial charge is 0.339 e. The Morgan fingerprint density at radius 1 is 1.12 bits per heavy atom. The van der Waals surface area contributed by atoms with E-state index in [9.17, 15) is 13.2 Å². The predicted molar refractivity (Wildman–Crippen MR) is 94.6 cm³/mol. The predicted octanol–water partition coefficient (Wildman–Crippen LogP) is 1.03. The van der Waals surface area contributed by atoms with Gasteiger partial charge in [-0.05, 0) is 11.0 Å². The molecule has 0 spiro atoms. The van der Waals surface area contributed by atoms with Crippen LogP contribution in [0.3, 0.4) is 0 Å². The van der Waals surface area contributed by atoms with Gasteiger partial charge in [-0.1, -0.05) is 51.1 Å². The molecule has 0 saturated carbocycles. The van der Waals surface area contributed by atoms with E-state index in [-0.39, 0.29) is 17.1 Å². The second kappa shape index (κ2) is 7.21. The molecular weight excluding hydrogens is 326 g/mol. The van der Waals surface area contributed by atoms with Gasteiger partial charge in [0.15, 0.2) is 0 Å². The molecule has 1 aromatic rings. The lowest BCUT2D eigenvalue weighted by Gasteiger charge is -2.37. The number of benzene rings is 1. The summed E-state index contributed by atoms with van der Waals surface area (Å²) in [5.74, 6) is -0.119. The van der Waals surface area contributed by atoms with Gasteiger partial charge in [-0.2, -0.15) is 4.31 Å². The molecule has 0 aromatic heterocycles. The number of rotatable bonds is 4. The summed E-state index contributed by atoms with van der Waals surface area (Å²) in [5, 5.41) is 0. The molecule has 1 atom stereocenters. The Kier molecular flexibility index (Phi) is 5.67. The molecule has 1 saturated heterocycles. The fraction of sp³-hybridized carbons (Fsp3) is 0.588. The van der Waals surface area contributed by atoms with Crippen molar-refractivity contribution >= 4 is 15.9 Å². The van der Waals surface area contributed by atoms with E-state index in [1.54, 1.807) is 17.0 Å². The number of nitrogens with zero attached hydrogens (tertiary/aromatic N) is 2. The van der Waals surface area contributed by atoms with Gasteiger partial charge < -0.3 is 10.6 Å². The van der Waals surface area contributed by atoms with Crippen LogP contribution in [0.15, 0.2) is 30.3 Å². The third-order valence-corrected chi connectivity index (χ3v) is 6.18. The number of hydrogen-bond acceptors (Lipinski definition) is 4. The topological polar surface area (TPSA) is 83.7 Å². The van der Waals surface area contributed by atoms with Crippen LogP contribution >= 0.6 is 0 Å². The number of sulfonamides is 1. The normalized spacial score (nSPS) is 18.4. The molecule has 1 amide bonds. The first-order valence-electron chi connectivity index (χ1n) is 8.17. The smallest absolute Gasteiger partial charge is 0.240 e. The van der Waals surface area contributed by atoms with Crippen molar-refractivity contribution in [2.24, 2.45) is 11.1 Å². The first-order chi connectivity index (χ1) is 11.1. The summed E-state index contributed by atoms with van der Waals surface area (Å²) in [6.07, 6.45) is 0. The molecule has 1 heterocycles. The molecule has 7 heteroatoms. The molecule has 0 unspecified atom stereocenters. The fourth-order valence-electron chi connectivity index (χ4n) is 2.63. The van der Waals surface area contributed by atoms with Gasteiger partial charge in [-0.3, -0.25) is 4.79 Å². The maximum atomic E-state index is 12.5. The van der Waals surface area contributed by atoms with Crippen LogP contribution in [0.25, 0.3) is 0 Å². The SMILES string of the molecule is CC(C)(C)[C@H](N)C(=O)N1CCN(S(=O)(=O)Cc2ccccc2)CC1. The summed E-state index contributed by atoms with van der Waals surface area (Å²) >= 11 is 0. The first-order valence-corrected chi connectivity index (χ1v) is 9.78. The Hall–Kier alpha value is -1.44. The van der Waals surface area contributed by atoms with Crippen molar-refractivity contribution in [1.29, 1.82) is 0 Å². The zero-order valence-corrected chi connectivity index (χ0v) is 15.4. The molecule has 1 aliphatic rings. The lowest BCUT2D eigenvalue weighted by atomic mass is 9.86. The minimum absolute atomic E-state index is 0.0106. The second-order valence-electron chi connectivity index (χ2n) is 7.31. The number of piperazine rings is 1. The van der Waals surface area contributed by atoms with Crippen molar-refractivity contribution in [1.82, 2.24) is 9.21 Å². The number of carbonyl (C=O) groups is 1. The van der Waals surface area contributed by atoms with E-state index in [1.165, 1.54) is 4.31 Å². The Balaban J connectivity index is 1.96. The zero-order chi connectivity index (χ0) is 18.0. The van der Waals surface area contributed by atoms with Crippen molar-refractivity contribution in [2.45, 2.75) is 32.6 Å². The fourth-order valence-corrected chi connectivity index (χ4v) is 4.15. The Morgan fingerprint density at radius 2 is 1.67 bits per heavy atom. The van der Waals surface area contributed by atoms with Crippen molar-refractivity contribution in [3.8, 4) is 0 Å². The lowest BCUT2D eigenvalue weighted by molar-refractivity contribution is -0.136. The van der Waals surface area contributed by atoms with Crippen molar-refractivity contribution in [2.75, 3.05) is 26.2 Å². The van der Waals surface area contributed by atoms with Gasteiger partial charge in [0.1, 0.15) is 0 Å². The molecule has 1 aromatic carbocycles. The van der Waals surface area contributed by atoms with E-state index < -0.39 is 16.1 Å². The average molecular weight is 353 g/mol. The number of carbonyl (C=O) groups excluding carboxylic acids is 1. The number of amides is 1. The molecule has 0 radical (unpaired) electrons. The van der Waals surface area contributed by atoms with Crippen LogP contribution in [0.2, 0.25) is 0 Å². The van der Waals surface area contributed by atoms with Crippen molar-refractivity contribution in [3.63, 3.8) is 0 Å². The van der Waals surface area contributed by atoms with E-state index in [1.807, 2.05) is 39.0 Å². The van der Waals surface area contributed by atoms with Gasteiger partial charge in [0.05, 0.1) is 11.8 Å². The molecule has 0 bridgehead atoms. The van der Waals surface area contributed by atoms with Gasteiger partial charge in [0.25, 0.3) is 0 Å². The molecule has 6 nitrogen and oxygen atoms in total. The maximum Gasteiger partial charge on any atom is 0.240 e. The van der Waals surface area contributed by atoms with Gasteiger partial charge in [-0.25, -0.2) is 8.42 Å². The van der Waals surface area contributed by atoms with Crippen LogP contribution in [-0.4, -0.2) is 55.8 Å². The molecule has 134 valence electrons. The van der Waals surface area contributed by atoms with Gasteiger partial charge in [0.2, 0.25) is 15.9 Å². The highest BCUT2D eigenvalue weighted by molar-refractivity contribution is 7.88. The van der Waals surface area contributed by atoms with E-state index in [4.69, 9.17) is 5.73 Å². The van der Waals surface area contributed by atoms with Gasteiger partial charge in [-0.15, -0.1) is 0 Å². The van der Waals surface area contributed by atoms with Crippen molar-refractivity contribution in [3.05, 3.63) is 35.9 Å². The molecule has 24 heavy (non-hydrogen) atoms. The maximum absolute atomic E-state index is 12.5. The monoisotopic (exact) mass is 353 g/mol. The second-order valence-corrected chi connectivity index (χ2v) is 9.28. The highest BCUT2D eigenvalue weighted by Crippen LogP contribution is 2.20. The van der Waals surface area contributed by atoms with Crippen LogP contribution in [0.1, 0.15) is 26.3 Å². The molecule has 1 aliphatic heterocycles. The summed E-state index contributed by atoms with van der Waals surface area (Å²) < 4.78 is 26.5. The third kappa shape index (κ3) is 4.55.